The van der Waals surface area contributed by atoms with Crippen molar-refractivity contribution < 1.29 is 28.5 Å². The first kappa shape index (κ1) is 13.7. The van der Waals surface area contributed by atoms with Gasteiger partial charge in [0.1, 0.15) is 12.4 Å². The summed E-state index contributed by atoms with van der Waals surface area (Å²) >= 11 is 0. The van der Waals surface area contributed by atoms with Gasteiger partial charge in [-0.15, -0.1) is 0 Å². The van der Waals surface area contributed by atoms with Crippen molar-refractivity contribution in [2.75, 3.05) is 33.5 Å². The highest BCUT2D eigenvalue weighted by Gasteiger charge is 2.08. The minimum absolute atomic E-state index is 0.0834. The van der Waals surface area contributed by atoms with Gasteiger partial charge in [0.15, 0.2) is 0 Å². The van der Waals surface area contributed by atoms with Gasteiger partial charge in [-0.1, -0.05) is 0 Å². The molecule has 0 radical (unpaired) electrons. The molecule has 0 aliphatic heterocycles. The van der Waals surface area contributed by atoms with Crippen LogP contribution < -0.4 is 0 Å². The molecule has 1 heterocycles. The van der Waals surface area contributed by atoms with Crippen LogP contribution in [0.1, 0.15) is 16.3 Å². The van der Waals surface area contributed by atoms with E-state index in [1.165, 1.54) is 6.07 Å². The Kier molecular flexibility index (Phi) is 6.31. The molecule has 0 spiro atoms. The Hall–Kier alpha value is -1.37. The Bertz CT molecular complexity index is 332. The average molecular weight is 244 g/mol. The molecule has 6 heteroatoms. The predicted octanol–water partition coefficient (Wildman–Crippen LogP) is 1.16. The second-order valence-electron chi connectivity index (χ2n) is 3.23. The highest BCUT2D eigenvalue weighted by atomic mass is 16.5. The number of ether oxygens (including phenoxy) is 3. The minimum atomic E-state index is -1.08. The summed E-state index contributed by atoms with van der Waals surface area (Å²) in [6, 6.07) is 2.98. The quantitative estimate of drug-likeness (QED) is 0.657. The van der Waals surface area contributed by atoms with Crippen LogP contribution in [0.3, 0.4) is 0 Å². The number of aromatic carboxylic acids is 1. The molecule has 0 saturated heterocycles. The van der Waals surface area contributed by atoms with Crippen molar-refractivity contribution in [3.05, 3.63) is 23.7 Å². The Labute approximate surface area is 99.1 Å². The number of furan rings is 1. The van der Waals surface area contributed by atoms with Gasteiger partial charge in [0.2, 0.25) is 5.76 Å². The molecule has 0 aliphatic carbocycles. The first-order valence-electron chi connectivity index (χ1n) is 5.20. The van der Waals surface area contributed by atoms with E-state index in [1.54, 1.807) is 13.2 Å². The standard InChI is InChI=1S/C11H16O6/c1-14-4-5-15-6-7-16-8-9-2-3-10(17-9)11(12)13/h2-3H,4-8H2,1H3,(H,12,13). The summed E-state index contributed by atoms with van der Waals surface area (Å²) in [5.41, 5.74) is 0. The molecule has 1 rings (SSSR count). The highest BCUT2D eigenvalue weighted by Crippen LogP contribution is 2.08. The van der Waals surface area contributed by atoms with E-state index < -0.39 is 5.97 Å². The molecule has 0 unspecified atom stereocenters. The lowest BCUT2D eigenvalue weighted by Crippen LogP contribution is -2.08. The van der Waals surface area contributed by atoms with Crippen molar-refractivity contribution in [1.82, 2.24) is 0 Å². The van der Waals surface area contributed by atoms with E-state index in [2.05, 4.69) is 0 Å². The molecule has 0 amide bonds. The van der Waals surface area contributed by atoms with E-state index in [4.69, 9.17) is 23.7 Å². The summed E-state index contributed by atoms with van der Waals surface area (Å²) in [6.07, 6.45) is 0. The predicted molar refractivity (Wildman–Crippen MR) is 58.0 cm³/mol. The minimum Gasteiger partial charge on any atom is -0.475 e. The maximum atomic E-state index is 10.5. The maximum absolute atomic E-state index is 10.5. The molecule has 0 fully saturated rings. The summed E-state index contributed by atoms with van der Waals surface area (Å²) in [5, 5.41) is 8.62. The summed E-state index contributed by atoms with van der Waals surface area (Å²) < 4.78 is 20.2. The first-order valence-corrected chi connectivity index (χ1v) is 5.20. The van der Waals surface area contributed by atoms with Crippen LogP contribution in [-0.2, 0) is 20.8 Å². The van der Waals surface area contributed by atoms with Crippen molar-refractivity contribution in [3.8, 4) is 0 Å². The molecule has 0 saturated carbocycles. The van der Waals surface area contributed by atoms with Gasteiger partial charge in [0.25, 0.3) is 0 Å². The van der Waals surface area contributed by atoms with Crippen LogP contribution in [0.25, 0.3) is 0 Å². The number of methoxy groups -OCH3 is 1. The number of hydrogen-bond acceptors (Lipinski definition) is 5. The van der Waals surface area contributed by atoms with Gasteiger partial charge in [0, 0.05) is 7.11 Å². The van der Waals surface area contributed by atoms with Gasteiger partial charge in [-0.3, -0.25) is 0 Å². The zero-order valence-electron chi connectivity index (χ0n) is 9.68. The van der Waals surface area contributed by atoms with Crippen LogP contribution in [0.5, 0.6) is 0 Å². The van der Waals surface area contributed by atoms with Gasteiger partial charge in [-0.05, 0) is 12.1 Å². The molecule has 0 atom stereocenters. The fraction of sp³-hybridized carbons (Fsp3) is 0.545. The maximum Gasteiger partial charge on any atom is 0.371 e. The number of carbonyl (C=O) groups is 1. The molecule has 1 aromatic rings. The van der Waals surface area contributed by atoms with Crippen LogP contribution in [-0.4, -0.2) is 44.6 Å². The molecule has 6 nitrogen and oxygen atoms in total. The van der Waals surface area contributed by atoms with E-state index in [0.29, 0.717) is 32.2 Å². The normalized spacial score (nSPS) is 10.6. The first-order chi connectivity index (χ1) is 8.24. The zero-order valence-corrected chi connectivity index (χ0v) is 9.68. The Morgan fingerprint density at radius 1 is 1.24 bits per heavy atom. The van der Waals surface area contributed by atoms with E-state index >= 15 is 0 Å². The highest BCUT2D eigenvalue weighted by molar-refractivity contribution is 5.84. The Balaban J connectivity index is 2.07. The molecule has 0 aromatic carbocycles. The third-order valence-electron chi connectivity index (χ3n) is 1.92. The molecule has 0 aliphatic rings. The van der Waals surface area contributed by atoms with Crippen LogP contribution in [0.4, 0.5) is 0 Å². The third kappa shape index (κ3) is 5.48. The largest absolute Gasteiger partial charge is 0.475 e. The SMILES string of the molecule is COCCOCCOCc1ccc(C(=O)O)o1. The molecular weight excluding hydrogens is 228 g/mol. The number of carboxylic acids is 1. The third-order valence-corrected chi connectivity index (χ3v) is 1.92. The van der Waals surface area contributed by atoms with E-state index in [0.717, 1.165) is 0 Å². The summed E-state index contributed by atoms with van der Waals surface area (Å²) in [6.45, 7) is 2.22. The average Bonchev–Trinajstić information content (AvgIpc) is 2.77. The van der Waals surface area contributed by atoms with Crippen molar-refractivity contribution in [2.24, 2.45) is 0 Å². The van der Waals surface area contributed by atoms with Gasteiger partial charge in [0.05, 0.1) is 26.4 Å². The molecule has 1 aromatic heterocycles. The van der Waals surface area contributed by atoms with Crippen LogP contribution in [0, 0.1) is 0 Å². The van der Waals surface area contributed by atoms with Crippen molar-refractivity contribution in [3.63, 3.8) is 0 Å². The van der Waals surface area contributed by atoms with Crippen molar-refractivity contribution in [1.29, 1.82) is 0 Å². The van der Waals surface area contributed by atoms with Gasteiger partial charge < -0.3 is 23.7 Å². The van der Waals surface area contributed by atoms with Crippen LogP contribution >= 0.6 is 0 Å². The van der Waals surface area contributed by atoms with Crippen molar-refractivity contribution in [2.45, 2.75) is 6.61 Å². The lowest BCUT2D eigenvalue weighted by molar-refractivity contribution is 0.0158. The fourth-order valence-electron chi connectivity index (χ4n) is 1.11. The smallest absolute Gasteiger partial charge is 0.371 e. The second kappa shape index (κ2) is 7.83. The van der Waals surface area contributed by atoms with Crippen LogP contribution in [0.15, 0.2) is 16.5 Å². The monoisotopic (exact) mass is 244 g/mol. The van der Waals surface area contributed by atoms with Crippen molar-refractivity contribution >= 4 is 5.97 Å². The Morgan fingerprint density at radius 2 is 1.94 bits per heavy atom. The summed E-state index contributed by atoms with van der Waals surface area (Å²) in [7, 11) is 1.61. The van der Waals surface area contributed by atoms with Crippen LogP contribution in [0.2, 0.25) is 0 Å². The topological polar surface area (TPSA) is 78.1 Å². The lowest BCUT2D eigenvalue weighted by Gasteiger charge is -2.03. The van der Waals surface area contributed by atoms with E-state index in [-0.39, 0.29) is 12.4 Å². The van der Waals surface area contributed by atoms with Gasteiger partial charge >= 0.3 is 5.97 Å². The summed E-state index contributed by atoms with van der Waals surface area (Å²) in [5.74, 6) is -0.682. The second-order valence-corrected chi connectivity index (χ2v) is 3.23. The van der Waals surface area contributed by atoms with E-state index in [1.807, 2.05) is 0 Å². The lowest BCUT2D eigenvalue weighted by atomic mass is 10.4. The van der Waals surface area contributed by atoms with Gasteiger partial charge in [-0.25, -0.2) is 4.79 Å². The molecular formula is C11H16O6. The zero-order chi connectivity index (χ0) is 12.5. The number of rotatable bonds is 9. The molecule has 96 valence electrons. The number of carboxylic acid groups (broad SMARTS) is 1. The Morgan fingerprint density at radius 3 is 2.59 bits per heavy atom. The van der Waals surface area contributed by atoms with Gasteiger partial charge in [-0.2, -0.15) is 0 Å². The molecule has 0 bridgehead atoms. The summed E-state index contributed by atoms with van der Waals surface area (Å²) in [4.78, 5) is 10.5. The fourth-order valence-corrected chi connectivity index (χ4v) is 1.11. The number of hydrogen-bond donors (Lipinski definition) is 1. The van der Waals surface area contributed by atoms with E-state index in [9.17, 15) is 4.79 Å². The molecule has 1 N–H and O–H groups in total. The molecule has 17 heavy (non-hydrogen) atoms.